The van der Waals surface area contributed by atoms with Crippen LogP contribution < -0.4 is 5.32 Å². The van der Waals surface area contributed by atoms with Crippen molar-refractivity contribution >= 4 is 0 Å². The molecule has 0 bridgehead atoms. The molecule has 0 aromatic rings. The molecule has 0 aliphatic heterocycles. The summed E-state index contributed by atoms with van der Waals surface area (Å²) in [6.45, 7) is 6.84. The third kappa shape index (κ3) is 5.03. The minimum Gasteiger partial charge on any atom is -0.316 e. The van der Waals surface area contributed by atoms with E-state index >= 15 is 0 Å². The highest BCUT2D eigenvalue weighted by Crippen LogP contribution is 2.30. The summed E-state index contributed by atoms with van der Waals surface area (Å²) in [6, 6.07) is 0. The molecule has 1 saturated carbocycles. The fourth-order valence-electron chi connectivity index (χ4n) is 2.71. The first-order valence-electron chi connectivity index (χ1n) is 6.88. The zero-order chi connectivity index (χ0) is 11.8. The highest BCUT2D eigenvalue weighted by molar-refractivity contribution is 4.90. The van der Waals surface area contributed by atoms with Gasteiger partial charge in [-0.15, -0.1) is 12.3 Å². The average Bonchev–Trinajstić information content (AvgIpc) is 2.45. The number of terminal acetylenes is 1. The van der Waals surface area contributed by atoms with Gasteiger partial charge < -0.3 is 5.32 Å². The van der Waals surface area contributed by atoms with Crippen LogP contribution in [0.25, 0.3) is 0 Å². The Morgan fingerprint density at radius 1 is 1.19 bits per heavy atom. The summed E-state index contributed by atoms with van der Waals surface area (Å²) in [6.07, 6.45) is 13.4. The molecule has 2 atom stereocenters. The molecule has 0 spiro atoms. The first-order chi connectivity index (χ1) is 7.74. The van der Waals surface area contributed by atoms with Crippen molar-refractivity contribution in [3.63, 3.8) is 0 Å². The van der Waals surface area contributed by atoms with E-state index in [1.807, 2.05) is 0 Å². The Balaban J connectivity index is 2.35. The van der Waals surface area contributed by atoms with Crippen LogP contribution in [-0.4, -0.2) is 13.1 Å². The van der Waals surface area contributed by atoms with Gasteiger partial charge in [-0.2, -0.15) is 0 Å². The summed E-state index contributed by atoms with van der Waals surface area (Å²) >= 11 is 0. The number of nitrogens with one attached hydrogen (secondary N) is 1. The highest BCUT2D eigenvalue weighted by Gasteiger charge is 2.22. The lowest BCUT2D eigenvalue weighted by molar-refractivity contribution is 0.300. The third-order valence-electron chi connectivity index (χ3n) is 3.66. The second-order valence-corrected chi connectivity index (χ2v) is 5.62. The second kappa shape index (κ2) is 7.74. The molecule has 1 aliphatic carbocycles. The van der Waals surface area contributed by atoms with Gasteiger partial charge in [0.1, 0.15) is 0 Å². The number of hydrogen-bond donors (Lipinski definition) is 1. The average molecular weight is 221 g/mol. The molecule has 1 nitrogen and oxygen atoms in total. The largest absolute Gasteiger partial charge is 0.316 e. The maximum Gasteiger partial charge on any atom is 0.0117 e. The highest BCUT2D eigenvalue weighted by atomic mass is 14.9. The van der Waals surface area contributed by atoms with Crippen molar-refractivity contribution in [3.05, 3.63) is 0 Å². The fourth-order valence-corrected chi connectivity index (χ4v) is 2.71. The summed E-state index contributed by atoms with van der Waals surface area (Å²) in [7, 11) is 0. The summed E-state index contributed by atoms with van der Waals surface area (Å²) in [4.78, 5) is 0. The first kappa shape index (κ1) is 13.6. The van der Waals surface area contributed by atoms with Crippen LogP contribution in [0.4, 0.5) is 0 Å². The number of hydrogen-bond acceptors (Lipinski definition) is 1. The van der Waals surface area contributed by atoms with Crippen LogP contribution in [-0.2, 0) is 0 Å². The van der Waals surface area contributed by atoms with Gasteiger partial charge in [0.15, 0.2) is 0 Å². The Morgan fingerprint density at radius 2 is 1.88 bits per heavy atom. The lowest BCUT2D eigenvalue weighted by Crippen LogP contribution is -2.30. The van der Waals surface area contributed by atoms with Crippen molar-refractivity contribution < 1.29 is 0 Å². The molecule has 0 aromatic carbocycles. The molecule has 2 unspecified atom stereocenters. The molecule has 1 heteroatoms. The van der Waals surface area contributed by atoms with Crippen LogP contribution in [0.15, 0.2) is 0 Å². The van der Waals surface area contributed by atoms with Crippen LogP contribution in [0.5, 0.6) is 0 Å². The molecular formula is C15H27N. The molecule has 1 aliphatic rings. The molecule has 0 radical (unpaired) electrons. The topological polar surface area (TPSA) is 12.0 Å². The monoisotopic (exact) mass is 221 g/mol. The Bertz CT molecular complexity index is 214. The van der Waals surface area contributed by atoms with Gasteiger partial charge in [0.05, 0.1) is 0 Å². The summed E-state index contributed by atoms with van der Waals surface area (Å²) in [5.74, 6) is 5.20. The van der Waals surface area contributed by atoms with E-state index in [0.717, 1.165) is 30.7 Å². The van der Waals surface area contributed by atoms with E-state index in [1.54, 1.807) is 0 Å². The van der Waals surface area contributed by atoms with Crippen LogP contribution in [0.2, 0.25) is 0 Å². The van der Waals surface area contributed by atoms with E-state index in [-0.39, 0.29) is 0 Å². The molecule has 1 fully saturated rings. The van der Waals surface area contributed by atoms with Gasteiger partial charge >= 0.3 is 0 Å². The molecule has 1 N–H and O–H groups in total. The predicted molar refractivity (Wildman–Crippen MR) is 71.2 cm³/mol. The quantitative estimate of drug-likeness (QED) is 0.554. The molecule has 92 valence electrons. The van der Waals surface area contributed by atoms with Gasteiger partial charge in [-0.05, 0) is 43.7 Å². The van der Waals surface area contributed by atoms with E-state index in [0.29, 0.717) is 0 Å². The van der Waals surface area contributed by atoms with E-state index in [2.05, 4.69) is 25.1 Å². The Hall–Kier alpha value is -0.480. The van der Waals surface area contributed by atoms with E-state index in [4.69, 9.17) is 6.42 Å². The van der Waals surface area contributed by atoms with Crippen molar-refractivity contribution in [2.75, 3.05) is 13.1 Å². The normalized spacial score (nSPS) is 26.4. The van der Waals surface area contributed by atoms with Gasteiger partial charge in [0.2, 0.25) is 0 Å². The predicted octanol–water partition coefficient (Wildman–Crippen LogP) is 3.45. The van der Waals surface area contributed by atoms with Crippen LogP contribution in [0.1, 0.15) is 52.4 Å². The van der Waals surface area contributed by atoms with Gasteiger partial charge in [-0.25, -0.2) is 0 Å². The standard InChI is InChI=1S/C15H27N/c1-4-8-14-9-6-5-7-10-15(14)12-16-11-13(2)3/h1,13-16H,5-12H2,2-3H3. The molecule has 1 rings (SSSR count). The Labute approximate surface area is 101 Å². The summed E-state index contributed by atoms with van der Waals surface area (Å²) < 4.78 is 0. The van der Waals surface area contributed by atoms with E-state index in [9.17, 15) is 0 Å². The second-order valence-electron chi connectivity index (χ2n) is 5.62. The lowest BCUT2D eigenvalue weighted by Gasteiger charge is -2.24. The molecule has 0 amide bonds. The molecule has 0 aromatic heterocycles. The van der Waals surface area contributed by atoms with Gasteiger partial charge in [-0.1, -0.05) is 33.1 Å². The maximum absolute atomic E-state index is 5.48. The minimum absolute atomic E-state index is 0.747. The third-order valence-corrected chi connectivity index (χ3v) is 3.66. The molecule has 0 heterocycles. The van der Waals surface area contributed by atoms with Crippen LogP contribution in [0, 0.1) is 30.1 Å². The molecular weight excluding hydrogens is 194 g/mol. The van der Waals surface area contributed by atoms with Gasteiger partial charge in [0, 0.05) is 6.42 Å². The van der Waals surface area contributed by atoms with Crippen molar-refractivity contribution in [1.82, 2.24) is 5.32 Å². The van der Waals surface area contributed by atoms with Crippen molar-refractivity contribution in [1.29, 1.82) is 0 Å². The number of rotatable bonds is 5. The maximum atomic E-state index is 5.48. The van der Waals surface area contributed by atoms with Crippen molar-refractivity contribution in [2.45, 2.75) is 52.4 Å². The minimum atomic E-state index is 0.747. The lowest BCUT2D eigenvalue weighted by atomic mass is 9.85. The zero-order valence-electron chi connectivity index (χ0n) is 11.0. The molecule has 0 saturated heterocycles. The van der Waals surface area contributed by atoms with Crippen molar-refractivity contribution in [2.24, 2.45) is 17.8 Å². The molecule has 16 heavy (non-hydrogen) atoms. The van der Waals surface area contributed by atoms with Crippen molar-refractivity contribution in [3.8, 4) is 12.3 Å². The van der Waals surface area contributed by atoms with Gasteiger partial charge in [-0.3, -0.25) is 0 Å². The smallest absolute Gasteiger partial charge is 0.0117 e. The Kier molecular flexibility index (Phi) is 6.57. The zero-order valence-corrected chi connectivity index (χ0v) is 11.0. The van der Waals surface area contributed by atoms with E-state index < -0.39 is 0 Å². The summed E-state index contributed by atoms with van der Waals surface area (Å²) in [5.41, 5.74) is 0. The van der Waals surface area contributed by atoms with Crippen LogP contribution >= 0.6 is 0 Å². The first-order valence-corrected chi connectivity index (χ1v) is 6.88. The van der Waals surface area contributed by atoms with Crippen LogP contribution in [0.3, 0.4) is 0 Å². The Morgan fingerprint density at radius 3 is 2.50 bits per heavy atom. The summed E-state index contributed by atoms with van der Waals surface area (Å²) in [5, 5.41) is 3.60. The van der Waals surface area contributed by atoms with Gasteiger partial charge in [0.25, 0.3) is 0 Å². The SMILES string of the molecule is C#CCC1CCCCCC1CNCC(C)C. The van der Waals surface area contributed by atoms with E-state index in [1.165, 1.54) is 38.6 Å². The fraction of sp³-hybridized carbons (Fsp3) is 0.867.